The van der Waals surface area contributed by atoms with E-state index in [1.165, 1.54) is 5.56 Å². The van der Waals surface area contributed by atoms with Crippen molar-refractivity contribution in [3.8, 4) is 17.2 Å². The first-order valence-electron chi connectivity index (χ1n) is 9.11. The van der Waals surface area contributed by atoms with Gasteiger partial charge in [0.2, 0.25) is 0 Å². The number of hydrogen-bond acceptors (Lipinski definition) is 5. The average Bonchev–Trinajstić information content (AvgIpc) is 2.70. The third kappa shape index (κ3) is 6.96. The Morgan fingerprint density at radius 3 is 2.48 bits per heavy atom. The molecule has 2 aromatic carbocycles. The number of ether oxygens (including phenoxy) is 3. The van der Waals surface area contributed by atoms with Gasteiger partial charge in [-0.25, -0.2) is 0 Å². The molecule has 2 N–H and O–H groups in total. The fourth-order valence-corrected chi connectivity index (χ4v) is 2.64. The lowest BCUT2D eigenvalue weighted by atomic mass is 10.1. The summed E-state index contributed by atoms with van der Waals surface area (Å²) in [7, 11) is 3.27. The molecule has 0 unspecified atom stereocenters. The lowest BCUT2D eigenvalue weighted by molar-refractivity contribution is 0.105. The number of rotatable bonds is 11. The Bertz CT molecular complexity index is 713. The number of nitrogens with one attached hydrogen (secondary N) is 1. The monoisotopic (exact) mass is 371 g/mol. The lowest BCUT2D eigenvalue weighted by Crippen LogP contribution is -2.32. The minimum atomic E-state index is -0.596. The molecule has 0 spiro atoms. The number of methoxy groups -OCH3 is 2. The number of allylic oxidation sites excluding steroid dienone is 1. The van der Waals surface area contributed by atoms with E-state index in [9.17, 15) is 5.11 Å². The molecule has 0 aromatic heterocycles. The molecule has 0 fully saturated rings. The van der Waals surface area contributed by atoms with E-state index < -0.39 is 6.10 Å². The van der Waals surface area contributed by atoms with Crippen molar-refractivity contribution in [2.45, 2.75) is 19.4 Å². The fourth-order valence-electron chi connectivity index (χ4n) is 2.64. The first-order chi connectivity index (χ1) is 13.2. The highest BCUT2D eigenvalue weighted by atomic mass is 16.5. The molecule has 0 amide bonds. The molecule has 0 radical (unpaired) electrons. The quantitative estimate of drug-likeness (QED) is 0.594. The molecule has 0 aliphatic carbocycles. The maximum Gasteiger partial charge on any atom is 0.161 e. The molecule has 5 nitrogen and oxygen atoms in total. The second kappa shape index (κ2) is 11.3. The molecule has 0 aliphatic heterocycles. The molecule has 0 saturated heterocycles. The Kier molecular flexibility index (Phi) is 8.68. The molecule has 146 valence electrons. The fraction of sp³-hybridized carbons (Fsp3) is 0.364. The maximum absolute atomic E-state index is 10.1. The van der Waals surface area contributed by atoms with Crippen molar-refractivity contribution >= 4 is 6.08 Å². The van der Waals surface area contributed by atoms with Crippen LogP contribution in [0, 0.1) is 0 Å². The summed E-state index contributed by atoms with van der Waals surface area (Å²) in [4.78, 5) is 0. The zero-order valence-electron chi connectivity index (χ0n) is 16.3. The van der Waals surface area contributed by atoms with Gasteiger partial charge in [0.15, 0.2) is 11.5 Å². The third-order valence-corrected chi connectivity index (χ3v) is 4.11. The van der Waals surface area contributed by atoms with Crippen molar-refractivity contribution in [1.82, 2.24) is 5.32 Å². The standard InChI is InChI=1S/C22H29NO4/c1-4-5-18-8-11-21(22(14-18)26-3)27-16-19(24)15-23-13-12-17-6-9-20(25-2)10-7-17/h4-11,14,19,23-24H,12-13,15-16H2,1-3H3/b5-4+/t19-/m0/s1. The van der Waals surface area contributed by atoms with Crippen LogP contribution in [0.5, 0.6) is 17.2 Å². The number of aliphatic hydroxyl groups excluding tert-OH is 1. The Morgan fingerprint density at radius 2 is 1.81 bits per heavy atom. The van der Waals surface area contributed by atoms with Crippen LogP contribution in [0.2, 0.25) is 0 Å². The summed E-state index contributed by atoms with van der Waals surface area (Å²) in [5.74, 6) is 2.14. The van der Waals surface area contributed by atoms with Crippen LogP contribution >= 0.6 is 0 Å². The van der Waals surface area contributed by atoms with E-state index in [1.54, 1.807) is 14.2 Å². The van der Waals surface area contributed by atoms with E-state index in [1.807, 2.05) is 61.5 Å². The first-order valence-corrected chi connectivity index (χ1v) is 9.11. The van der Waals surface area contributed by atoms with Crippen molar-refractivity contribution < 1.29 is 19.3 Å². The summed E-state index contributed by atoms with van der Waals surface area (Å²) >= 11 is 0. The normalized spacial score (nSPS) is 12.1. The lowest BCUT2D eigenvalue weighted by Gasteiger charge is -2.15. The molecule has 1 atom stereocenters. The molecular formula is C22H29NO4. The van der Waals surface area contributed by atoms with Crippen LogP contribution in [0.4, 0.5) is 0 Å². The van der Waals surface area contributed by atoms with Gasteiger partial charge in [-0.2, -0.15) is 0 Å². The van der Waals surface area contributed by atoms with Gasteiger partial charge in [-0.05, 0) is 55.3 Å². The van der Waals surface area contributed by atoms with Gasteiger partial charge in [-0.15, -0.1) is 0 Å². The highest BCUT2D eigenvalue weighted by molar-refractivity contribution is 5.55. The minimum Gasteiger partial charge on any atom is -0.497 e. The summed E-state index contributed by atoms with van der Waals surface area (Å²) in [5.41, 5.74) is 2.27. The predicted octanol–water partition coefficient (Wildman–Crippen LogP) is 3.31. The van der Waals surface area contributed by atoms with Crippen LogP contribution < -0.4 is 19.5 Å². The Morgan fingerprint density at radius 1 is 1.04 bits per heavy atom. The van der Waals surface area contributed by atoms with Gasteiger partial charge < -0.3 is 24.6 Å². The van der Waals surface area contributed by atoms with Crippen LogP contribution in [-0.2, 0) is 6.42 Å². The van der Waals surface area contributed by atoms with Crippen LogP contribution in [0.1, 0.15) is 18.1 Å². The van der Waals surface area contributed by atoms with Crippen LogP contribution in [-0.4, -0.2) is 45.1 Å². The average molecular weight is 371 g/mol. The van der Waals surface area contributed by atoms with E-state index in [-0.39, 0.29) is 6.61 Å². The Hall–Kier alpha value is -2.50. The van der Waals surface area contributed by atoms with Gasteiger partial charge >= 0.3 is 0 Å². The number of aliphatic hydroxyl groups is 1. The summed E-state index contributed by atoms with van der Waals surface area (Å²) < 4.78 is 16.2. The smallest absolute Gasteiger partial charge is 0.161 e. The summed E-state index contributed by atoms with van der Waals surface area (Å²) in [5, 5.41) is 13.4. The van der Waals surface area contributed by atoms with E-state index in [0.717, 1.165) is 24.3 Å². The van der Waals surface area contributed by atoms with Crippen LogP contribution in [0.25, 0.3) is 6.08 Å². The van der Waals surface area contributed by atoms with Gasteiger partial charge in [-0.1, -0.05) is 30.4 Å². The highest BCUT2D eigenvalue weighted by Crippen LogP contribution is 2.28. The molecule has 0 heterocycles. The van der Waals surface area contributed by atoms with E-state index >= 15 is 0 Å². The van der Waals surface area contributed by atoms with Gasteiger partial charge in [-0.3, -0.25) is 0 Å². The zero-order chi connectivity index (χ0) is 19.5. The summed E-state index contributed by atoms with van der Waals surface area (Å²) in [6, 6.07) is 13.7. The second-order valence-electron chi connectivity index (χ2n) is 6.18. The second-order valence-corrected chi connectivity index (χ2v) is 6.18. The number of benzene rings is 2. The molecular weight excluding hydrogens is 342 g/mol. The molecule has 0 saturated carbocycles. The maximum atomic E-state index is 10.1. The molecule has 0 aliphatic rings. The minimum absolute atomic E-state index is 0.203. The first kappa shape index (κ1) is 20.8. The van der Waals surface area contributed by atoms with E-state index in [2.05, 4.69) is 5.32 Å². The van der Waals surface area contributed by atoms with Gasteiger partial charge in [0.25, 0.3) is 0 Å². The summed E-state index contributed by atoms with van der Waals surface area (Å²) in [6.45, 7) is 3.42. The predicted molar refractivity (Wildman–Crippen MR) is 109 cm³/mol. The molecule has 27 heavy (non-hydrogen) atoms. The van der Waals surface area contributed by atoms with Crippen molar-refractivity contribution in [1.29, 1.82) is 0 Å². The third-order valence-electron chi connectivity index (χ3n) is 4.11. The van der Waals surface area contributed by atoms with Crippen molar-refractivity contribution in [2.24, 2.45) is 0 Å². The van der Waals surface area contributed by atoms with Crippen molar-refractivity contribution in [3.05, 3.63) is 59.7 Å². The zero-order valence-corrected chi connectivity index (χ0v) is 16.3. The Balaban J connectivity index is 1.71. The Labute approximate surface area is 161 Å². The molecule has 2 rings (SSSR count). The van der Waals surface area contributed by atoms with Gasteiger partial charge in [0, 0.05) is 6.54 Å². The van der Waals surface area contributed by atoms with Crippen molar-refractivity contribution in [2.75, 3.05) is 33.9 Å². The van der Waals surface area contributed by atoms with Gasteiger partial charge in [0.1, 0.15) is 18.5 Å². The van der Waals surface area contributed by atoms with Crippen LogP contribution in [0.3, 0.4) is 0 Å². The topological polar surface area (TPSA) is 60.0 Å². The SMILES string of the molecule is C/C=C/c1ccc(OC[C@@H](O)CNCCc2ccc(OC)cc2)c(OC)c1. The van der Waals surface area contributed by atoms with Gasteiger partial charge in [0.05, 0.1) is 14.2 Å². The van der Waals surface area contributed by atoms with Crippen LogP contribution in [0.15, 0.2) is 48.5 Å². The molecule has 2 aromatic rings. The molecule has 0 bridgehead atoms. The van der Waals surface area contributed by atoms with E-state index in [0.29, 0.717) is 18.0 Å². The summed E-state index contributed by atoms with van der Waals surface area (Å²) in [6.07, 6.45) is 4.25. The van der Waals surface area contributed by atoms with Crippen molar-refractivity contribution in [3.63, 3.8) is 0 Å². The highest BCUT2D eigenvalue weighted by Gasteiger charge is 2.09. The number of hydrogen-bond donors (Lipinski definition) is 2. The molecule has 5 heteroatoms. The van der Waals surface area contributed by atoms with E-state index in [4.69, 9.17) is 14.2 Å². The largest absolute Gasteiger partial charge is 0.497 e.